The molecule has 1 heterocycles. The van der Waals surface area contributed by atoms with Crippen LogP contribution in [0.1, 0.15) is 33.6 Å². The third-order valence-electron chi connectivity index (χ3n) is 4.02. The van der Waals surface area contributed by atoms with Gasteiger partial charge in [0.1, 0.15) is 15.3 Å². The van der Waals surface area contributed by atoms with Gasteiger partial charge in [0.25, 0.3) is 5.56 Å². The maximum Gasteiger partial charge on any atom is 0.351 e. The molecule has 158 valence electrons. The summed E-state index contributed by atoms with van der Waals surface area (Å²) in [5.41, 5.74) is 0.932. The van der Waals surface area contributed by atoms with Gasteiger partial charge in [-0.3, -0.25) is 14.2 Å². The van der Waals surface area contributed by atoms with Crippen molar-refractivity contribution >= 4 is 46.4 Å². The lowest BCUT2D eigenvalue weighted by molar-refractivity contribution is -0.136. The molecule has 2 aromatic rings. The van der Waals surface area contributed by atoms with Gasteiger partial charge >= 0.3 is 5.97 Å². The Kier molecular flexibility index (Phi) is 8.38. The highest BCUT2D eigenvalue weighted by atomic mass is 32.1. The van der Waals surface area contributed by atoms with E-state index in [2.05, 4.69) is 10.6 Å². The number of rotatable bonds is 8. The number of amides is 1. The molecular formula is C21H24N4O4S. The zero-order valence-corrected chi connectivity index (χ0v) is 18.0. The van der Waals surface area contributed by atoms with Crippen LogP contribution < -0.4 is 25.4 Å². The first-order chi connectivity index (χ1) is 14.4. The summed E-state index contributed by atoms with van der Waals surface area (Å²) in [6, 6.07) is 8.87. The molecule has 0 unspecified atom stereocenters. The van der Waals surface area contributed by atoms with Crippen LogP contribution in [0.3, 0.4) is 0 Å². The number of benzene rings is 1. The molecule has 2 N–H and O–H groups in total. The summed E-state index contributed by atoms with van der Waals surface area (Å²) in [5, 5.41) is 15.2. The molecule has 1 aromatic carbocycles. The Labute approximate surface area is 178 Å². The van der Waals surface area contributed by atoms with Crippen molar-refractivity contribution in [3.63, 3.8) is 0 Å². The van der Waals surface area contributed by atoms with Crippen LogP contribution in [0.15, 0.2) is 29.1 Å². The van der Waals surface area contributed by atoms with Gasteiger partial charge in [0.2, 0.25) is 5.91 Å². The van der Waals surface area contributed by atoms with E-state index < -0.39 is 5.97 Å². The number of carbonyl (C=O) groups excluding carboxylic acids is 2. The van der Waals surface area contributed by atoms with E-state index >= 15 is 0 Å². The third kappa shape index (κ3) is 5.81. The van der Waals surface area contributed by atoms with Crippen molar-refractivity contribution in [2.45, 2.75) is 40.2 Å². The Morgan fingerprint density at radius 2 is 1.90 bits per heavy atom. The summed E-state index contributed by atoms with van der Waals surface area (Å²) in [5.74, 6) is -0.897. The smallest absolute Gasteiger partial charge is 0.351 e. The number of nitrogens with zero attached hydrogens (tertiary/aromatic N) is 2. The topological polar surface area (TPSA) is 113 Å². The second-order valence-electron chi connectivity index (χ2n) is 6.34. The van der Waals surface area contributed by atoms with Crippen LogP contribution in [0, 0.1) is 11.3 Å². The Morgan fingerprint density at radius 1 is 1.23 bits per heavy atom. The van der Waals surface area contributed by atoms with Gasteiger partial charge in [-0.25, -0.2) is 4.79 Å². The fourth-order valence-corrected chi connectivity index (χ4v) is 3.65. The first-order valence-corrected chi connectivity index (χ1v) is 10.4. The molecule has 0 fully saturated rings. The van der Waals surface area contributed by atoms with E-state index in [4.69, 9.17) is 4.74 Å². The summed E-state index contributed by atoms with van der Waals surface area (Å²) in [6.45, 7) is 5.64. The average molecular weight is 429 g/mol. The lowest BCUT2D eigenvalue weighted by Crippen LogP contribution is -2.33. The van der Waals surface area contributed by atoms with Crippen molar-refractivity contribution in [3.8, 4) is 6.07 Å². The van der Waals surface area contributed by atoms with E-state index in [0.29, 0.717) is 27.1 Å². The first-order valence-electron chi connectivity index (χ1n) is 9.56. The minimum Gasteiger partial charge on any atom is -0.462 e. The van der Waals surface area contributed by atoms with Crippen LogP contribution in [0.2, 0.25) is 0 Å². The molecule has 8 nitrogen and oxygen atoms in total. The zero-order chi connectivity index (χ0) is 22.1. The van der Waals surface area contributed by atoms with Crippen LogP contribution in [-0.2, 0) is 20.9 Å². The van der Waals surface area contributed by atoms with E-state index in [-0.39, 0.29) is 23.6 Å². The van der Waals surface area contributed by atoms with Gasteiger partial charge in [-0.2, -0.15) is 5.26 Å². The minimum absolute atomic E-state index is 0.142. The molecule has 1 amide bonds. The molecule has 30 heavy (non-hydrogen) atoms. The lowest BCUT2D eigenvalue weighted by Gasteiger charge is -2.03. The Hall–Kier alpha value is -3.38. The monoisotopic (exact) mass is 428 g/mol. The van der Waals surface area contributed by atoms with Crippen LogP contribution in [0.25, 0.3) is 11.8 Å². The van der Waals surface area contributed by atoms with Crippen molar-refractivity contribution in [2.75, 3.05) is 17.2 Å². The molecule has 0 radical (unpaired) electrons. The molecule has 2 rings (SSSR count). The van der Waals surface area contributed by atoms with Crippen molar-refractivity contribution in [1.29, 1.82) is 5.26 Å². The normalized spacial score (nSPS) is 12.1. The molecule has 0 saturated carbocycles. The number of hydrogen-bond acceptors (Lipinski definition) is 7. The molecule has 0 atom stereocenters. The Balaban J connectivity index is 2.47. The zero-order valence-electron chi connectivity index (χ0n) is 17.2. The molecule has 0 aliphatic carbocycles. The predicted octanol–water partition coefficient (Wildman–Crippen LogP) is 1.76. The fourth-order valence-electron chi connectivity index (χ4n) is 2.61. The minimum atomic E-state index is -0.737. The standard InChI is InChI=1S/C21H24N4O4S/c1-4-6-11-25-19(27)18(30-20(25)17(12-22)21(28)29-5-2)13-23-15-7-9-16(10-8-15)24-14(3)26/h7-10,13,23H,4-6,11H2,1-3H3,(H,24,26). The Bertz CT molecular complexity index is 1120. The summed E-state index contributed by atoms with van der Waals surface area (Å²) in [7, 11) is 0. The van der Waals surface area contributed by atoms with E-state index in [1.165, 1.54) is 11.5 Å². The molecule has 0 aliphatic heterocycles. The SMILES string of the molecule is CCCCn1c(=C(C#N)C(=O)OCC)sc(=CNc2ccc(NC(C)=O)cc2)c1=O. The van der Waals surface area contributed by atoms with E-state index in [0.717, 1.165) is 24.2 Å². The highest BCUT2D eigenvalue weighted by Gasteiger charge is 2.16. The second kappa shape index (κ2) is 11.0. The Morgan fingerprint density at radius 3 is 2.47 bits per heavy atom. The second-order valence-corrected chi connectivity index (χ2v) is 7.37. The lowest BCUT2D eigenvalue weighted by atomic mass is 10.3. The van der Waals surface area contributed by atoms with Gasteiger partial charge < -0.3 is 15.4 Å². The van der Waals surface area contributed by atoms with E-state index in [1.54, 1.807) is 37.4 Å². The maximum absolute atomic E-state index is 12.9. The summed E-state index contributed by atoms with van der Waals surface area (Å²) in [4.78, 5) is 36.1. The van der Waals surface area contributed by atoms with Crippen molar-refractivity contribution in [2.24, 2.45) is 0 Å². The van der Waals surface area contributed by atoms with Crippen molar-refractivity contribution in [3.05, 3.63) is 43.8 Å². The fraction of sp³-hybridized carbons (Fsp3) is 0.333. The number of thiazole rings is 1. The highest BCUT2D eigenvalue weighted by molar-refractivity contribution is 7.07. The molecule has 9 heteroatoms. The number of unbranched alkanes of at least 4 members (excludes halogenated alkanes) is 1. The van der Waals surface area contributed by atoms with E-state index in [1.807, 2.05) is 13.0 Å². The van der Waals surface area contributed by atoms with Crippen LogP contribution >= 0.6 is 11.3 Å². The van der Waals surface area contributed by atoms with Crippen LogP contribution in [0.5, 0.6) is 0 Å². The summed E-state index contributed by atoms with van der Waals surface area (Å²) < 4.78 is 7.08. The van der Waals surface area contributed by atoms with Gasteiger partial charge in [-0.05, 0) is 37.6 Å². The van der Waals surface area contributed by atoms with E-state index in [9.17, 15) is 19.6 Å². The number of esters is 1. The molecule has 0 bridgehead atoms. The van der Waals surface area contributed by atoms with Gasteiger partial charge in [-0.15, -0.1) is 11.3 Å². The number of hydrogen-bond donors (Lipinski definition) is 2. The molecule has 0 saturated heterocycles. The van der Waals surface area contributed by atoms with Gasteiger partial charge in [-0.1, -0.05) is 13.3 Å². The first kappa shape index (κ1) is 22.9. The van der Waals surface area contributed by atoms with Crippen LogP contribution in [-0.4, -0.2) is 23.1 Å². The summed E-state index contributed by atoms with van der Waals surface area (Å²) in [6.07, 6.45) is 3.15. The van der Waals surface area contributed by atoms with Crippen molar-refractivity contribution in [1.82, 2.24) is 4.57 Å². The average Bonchev–Trinajstić information content (AvgIpc) is 3.01. The molecule has 0 spiro atoms. The van der Waals surface area contributed by atoms with Gasteiger partial charge in [0.05, 0.1) is 6.61 Å². The largest absolute Gasteiger partial charge is 0.462 e. The van der Waals surface area contributed by atoms with Gasteiger partial charge in [0, 0.05) is 31.0 Å². The molecular weight excluding hydrogens is 404 g/mol. The quantitative estimate of drug-likeness (QED) is 0.620. The summed E-state index contributed by atoms with van der Waals surface area (Å²) >= 11 is 1.07. The van der Waals surface area contributed by atoms with Gasteiger partial charge in [0.15, 0.2) is 5.57 Å². The number of nitrogens with one attached hydrogen (secondary N) is 2. The number of aromatic nitrogens is 1. The third-order valence-corrected chi connectivity index (χ3v) is 5.15. The molecule has 1 aromatic heterocycles. The maximum atomic E-state index is 12.9. The predicted molar refractivity (Wildman–Crippen MR) is 117 cm³/mol. The number of nitriles is 1. The number of anilines is 2. The van der Waals surface area contributed by atoms with Crippen LogP contribution in [0.4, 0.5) is 11.4 Å². The number of carbonyl (C=O) groups is 2. The number of ether oxygens (including phenoxy) is 1. The molecule has 0 aliphatic rings. The van der Waals surface area contributed by atoms with Crippen molar-refractivity contribution < 1.29 is 14.3 Å². The highest BCUT2D eigenvalue weighted by Crippen LogP contribution is 2.13.